The molecule has 0 radical (unpaired) electrons. The molecular weight excluding hydrogens is 212 g/mol. The van der Waals surface area contributed by atoms with E-state index in [1.807, 2.05) is 0 Å². The minimum Gasteiger partial charge on any atom is -0.494 e. The Morgan fingerprint density at radius 2 is 1.88 bits per heavy atom. The number of piperazine rings is 1. The van der Waals surface area contributed by atoms with Crippen LogP contribution in [0, 0.1) is 0 Å². The lowest BCUT2D eigenvalue weighted by Crippen LogP contribution is -2.43. The molecule has 0 saturated carbocycles. The topological polar surface area (TPSA) is 24.5 Å². The number of unbranched alkanes of at least 4 members (excludes halogenated alkanes) is 1. The second-order valence-corrected chi connectivity index (χ2v) is 4.43. The van der Waals surface area contributed by atoms with Crippen LogP contribution >= 0.6 is 0 Å². The van der Waals surface area contributed by atoms with E-state index >= 15 is 0 Å². The van der Waals surface area contributed by atoms with Gasteiger partial charge in [-0.15, -0.1) is 0 Å². The molecule has 1 heterocycles. The monoisotopic (exact) mass is 234 g/mol. The van der Waals surface area contributed by atoms with Gasteiger partial charge in [0.1, 0.15) is 5.75 Å². The van der Waals surface area contributed by atoms with Crippen LogP contribution in [0.25, 0.3) is 0 Å². The Morgan fingerprint density at radius 3 is 2.53 bits per heavy atom. The second-order valence-electron chi connectivity index (χ2n) is 4.43. The van der Waals surface area contributed by atoms with Crippen LogP contribution in [0.2, 0.25) is 0 Å². The molecule has 1 N–H and O–H groups in total. The lowest BCUT2D eigenvalue weighted by Gasteiger charge is -2.29. The van der Waals surface area contributed by atoms with Gasteiger partial charge in [-0.3, -0.25) is 0 Å². The van der Waals surface area contributed by atoms with Gasteiger partial charge in [0.05, 0.1) is 6.61 Å². The summed E-state index contributed by atoms with van der Waals surface area (Å²) in [6.07, 6.45) is 2.30. The predicted molar refractivity (Wildman–Crippen MR) is 71.9 cm³/mol. The van der Waals surface area contributed by atoms with Crippen molar-refractivity contribution in [2.24, 2.45) is 0 Å². The predicted octanol–water partition coefficient (Wildman–Crippen LogP) is 2.28. The highest BCUT2D eigenvalue weighted by molar-refractivity contribution is 5.49. The van der Waals surface area contributed by atoms with E-state index in [1.54, 1.807) is 0 Å². The van der Waals surface area contributed by atoms with Crippen LogP contribution in [0.4, 0.5) is 5.69 Å². The van der Waals surface area contributed by atoms with Crippen LogP contribution in [-0.4, -0.2) is 32.8 Å². The molecule has 3 nitrogen and oxygen atoms in total. The van der Waals surface area contributed by atoms with E-state index in [0.717, 1.165) is 45.0 Å². The third kappa shape index (κ3) is 3.63. The van der Waals surface area contributed by atoms with E-state index in [2.05, 4.69) is 41.4 Å². The molecule has 0 aromatic heterocycles. The molecule has 1 aromatic carbocycles. The summed E-state index contributed by atoms with van der Waals surface area (Å²) < 4.78 is 5.66. The number of rotatable bonds is 5. The van der Waals surface area contributed by atoms with Gasteiger partial charge in [0.15, 0.2) is 0 Å². The van der Waals surface area contributed by atoms with Crippen LogP contribution in [0.15, 0.2) is 24.3 Å². The first-order valence-electron chi connectivity index (χ1n) is 6.58. The van der Waals surface area contributed by atoms with Gasteiger partial charge in [0.2, 0.25) is 0 Å². The average Bonchev–Trinajstić information content (AvgIpc) is 2.41. The molecule has 1 aliphatic heterocycles. The lowest BCUT2D eigenvalue weighted by molar-refractivity contribution is 0.309. The maximum atomic E-state index is 5.66. The van der Waals surface area contributed by atoms with Crippen molar-refractivity contribution in [2.75, 3.05) is 37.7 Å². The molecule has 1 aliphatic rings. The molecule has 1 fully saturated rings. The molecule has 2 rings (SSSR count). The van der Waals surface area contributed by atoms with Gasteiger partial charge >= 0.3 is 0 Å². The maximum Gasteiger partial charge on any atom is 0.119 e. The Hall–Kier alpha value is -1.22. The van der Waals surface area contributed by atoms with Crippen LogP contribution in [0.5, 0.6) is 5.75 Å². The number of ether oxygens (including phenoxy) is 1. The first-order valence-corrected chi connectivity index (χ1v) is 6.58. The molecule has 1 saturated heterocycles. The van der Waals surface area contributed by atoms with Crippen molar-refractivity contribution in [3.8, 4) is 5.75 Å². The summed E-state index contributed by atoms with van der Waals surface area (Å²) in [5.41, 5.74) is 1.30. The number of hydrogen-bond donors (Lipinski definition) is 1. The molecular formula is C14H22N2O. The zero-order valence-electron chi connectivity index (χ0n) is 10.6. The van der Waals surface area contributed by atoms with Gasteiger partial charge in [-0.2, -0.15) is 0 Å². The van der Waals surface area contributed by atoms with Crippen LogP contribution in [0.3, 0.4) is 0 Å². The average molecular weight is 234 g/mol. The fourth-order valence-corrected chi connectivity index (χ4v) is 2.01. The van der Waals surface area contributed by atoms with Gasteiger partial charge in [-0.25, -0.2) is 0 Å². The van der Waals surface area contributed by atoms with Gasteiger partial charge in [-0.1, -0.05) is 13.3 Å². The zero-order chi connectivity index (χ0) is 11.9. The summed E-state index contributed by atoms with van der Waals surface area (Å²) in [6, 6.07) is 8.47. The standard InChI is InChI=1S/C14H22N2O/c1-2-3-12-17-14-6-4-13(5-7-14)16-10-8-15-9-11-16/h4-7,15H,2-3,8-12H2,1H3. The molecule has 1 aromatic rings. The Kier molecular flexibility index (Phi) is 4.68. The van der Waals surface area contributed by atoms with Gasteiger partial charge in [0.25, 0.3) is 0 Å². The van der Waals surface area contributed by atoms with Gasteiger partial charge < -0.3 is 15.0 Å². The number of anilines is 1. The molecule has 0 amide bonds. The fourth-order valence-electron chi connectivity index (χ4n) is 2.01. The van der Waals surface area contributed by atoms with Gasteiger partial charge in [0, 0.05) is 31.9 Å². The van der Waals surface area contributed by atoms with E-state index < -0.39 is 0 Å². The third-order valence-electron chi connectivity index (χ3n) is 3.09. The lowest BCUT2D eigenvalue weighted by atomic mass is 10.2. The minimum atomic E-state index is 0.823. The molecule has 0 bridgehead atoms. The molecule has 3 heteroatoms. The fraction of sp³-hybridized carbons (Fsp3) is 0.571. The summed E-state index contributed by atoms with van der Waals surface area (Å²) >= 11 is 0. The molecule has 17 heavy (non-hydrogen) atoms. The molecule has 94 valence electrons. The first-order chi connectivity index (χ1) is 8.40. The summed E-state index contributed by atoms with van der Waals surface area (Å²) in [7, 11) is 0. The number of nitrogens with zero attached hydrogens (tertiary/aromatic N) is 1. The summed E-state index contributed by atoms with van der Waals surface area (Å²) in [4.78, 5) is 2.41. The van der Waals surface area contributed by atoms with E-state index in [0.29, 0.717) is 0 Å². The smallest absolute Gasteiger partial charge is 0.119 e. The van der Waals surface area contributed by atoms with E-state index in [4.69, 9.17) is 4.74 Å². The molecule has 0 atom stereocenters. The maximum absolute atomic E-state index is 5.66. The number of nitrogens with one attached hydrogen (secondary N) is 1. The van der Waals surface area contributed by atoms with Crippen molar-refractivity contribution in [3.63, 3.8) is 0 Å². The molecule has 0 aliphatic carbocycles. The Bertz CT molecular complexity index is 317. The number of benzene rings is 1. The Labute approximate surface area is 104 Å². The largest absolute Gasteiger partial charge is 0.494 e. The zero-order valence-corrected chi connectivity index (χ0v) is 10.6. The highest BCUT2D eigenvalue weighted by Crippen LogP contribution is 2.19. The van der Waals surface area contributed by atoms with Crippen molar-refractivity contribution in [3.05, 3.63) is 24.3 Å². The summed E-state index contributed by atoms with van der Waals surface area (Å²) in [5, 5.41) is 3.36. The SMILES string of the molecule is CCCCOc1ccc(N2CCNCC2)cc1. The highest BCUT2D eigenvalue weighted by atomic mass is 16.5. The number of hydrogen-bond acceptors (Lipinski definition) is 3. The van der Waals surface area contributed by atoms with E-state index in [1.165, 1.54) is 12.1 Å². The van der Waals surface area contributed by atoms with E-state index in [-0.39, 0.29) is 0 Å². The minimum absolute atomic E-state index is 0.823. The van der Waals surface area contributed by atoms with Gasteiger partial charge in [-0.05, 0) is 30.7 Å². The van der Waals surface area contributed by atoms with Crippen molar-refractivity contribution >= 4 is 5.69 Å². The second kappa shape index (κ2) is 6.50. The van der Waals surface area contributed by atoms with Crippen LogP contribution in [-0.2, 0) is 0 Å². The Balaban J connectivity index is 1.88. The normalized spacial score (nSPS) is 15.9. The molecule has 0 spiro atoms. The van der Waals surface area contributed by atoms with Crippen LogP contribution < -0.4 is 15.0 Å². The highest BCUT2D eigenvalue weighted by Gasteiger charge is 2.09. The Morgan fingerprint density at radius 1 is 1.18 bits per heavy atom. The van der Waals surface area contributed by atoms with Crippen molar-refractivity contribution in [2.45, 2.75) is 19.8 Å². The van der Waals surface area contributed by atoms with E-state index in [9.17, 15) is 0 Å². The van der Waals surface area contributed by atoms with Crippen molar-refractivity contribution < 1.29 is 4.74 Å². The first kappa shape index (κ1) is 12.2. The van der Waals surface area contributed by atoms with Crippen molar-refractivity contribution in [1.29, 1.82) is 0 Å². The third-order valence-corrected chi connectivity index (χ3v) is 3.09. The summed E-state index contributed by atoms with van der Waals surface area (Å²) in [5.74, 6) is 0.984. The summed E-state index contributed by atoms with van der Waals surface area (Å²) in [6.45, 7) is 7.34. The van der Waals surface area contributed by atoms with Crippen molar-refractivity contribution in [1.82, 2.24) is 5.32 Å². The van der Waals surface area contributed by atoms with Crippen LogP contribution in [0.1, 0.15) is 19.8 Å². The molecule has 0 unspecified atom stereocenters. The quantitative estimate of drug-likeness (QED) is 0.791.